The van der Waals surface area contributed by atoms with Crippen molar-refractivity contribution >= 4 is 52.2 Å². The monoisotopic (exact) mass is 483 g/mol. The molecular weight excluding hydrogens is 470 g/mol. The fourth-order valence-corrected chi connectivity index (χ4v) is 3.05. The first-order valence-electron chi connectivity index (χ1n) is 8.83. The van der Waals surface area contributed by atoms with Crippen molar-refractivity contribution in [1.29, 1.82) is 0 Å². The van der Waals surface area contributed by atoms with E-state index in [-0.39, 0.29) is 33.5 Å². The zero-order chi connectivity index (χ0) is 23.6. The molecule has 0 aliphatic rings. The number of nitrogens with two attached hydrogens (primary N) is 1. The number of alkyl halides is 3. The van der Waals surface area contributed by atoms with E-state index < -0.39 is 28.6 Å². The number of nitrogens with one attached hydrogen (secondary N) is 2. The molecule has 3 rings (SSSR count). The molecule has 0 fully saturated rings. The topological polar surface area (TPSA) is 110 Å². The van der Waals surface area contributed by atoms with E-state index in [1.165, 1.54) is 18.2 Å². The Labute approximate surface area is 189 Å². The Morgan fingerprint density at radius 1 is 1.00 bits per heavy atom. The Balaban J connectivity index is 1.83. The predicted octanol–water partition coefficient (Wildman–Crippen LogP) is 5.20. The van der Waals surface area contributed by atoms with E-state index in [4.69, 9.17) is 28.9 Å². The molecule has 1 aromatic heterocycles. The van der Waals surface area contributed by atoms with E-state index in [9.17, 15) is 22.8 Å². The molecule has 32 heavy (non-hydrogen) atoms. The van der Waals surface area contributed by atoms with Crippen LogP contribution in [0, 0.1) is 6.92 Å². The molecule has 166 valence electrons. The minimum Gasteiger partial charge on any atom is -0.382 e. The van der Waals surface area contributed by atoms with Gasteiger partial charge in [0, 0.05) is 16.9 Å². The lowest BCUT2D eigenvalue weighted by Crippen LogP contribution is -2.17. The van der Waals surface area contributed by atoms with Crippen LogP contribution in [0.15, 0.2) is 42.7 Å². The number of nitrogens with zero attached hydrogens (tertiary/aromatic N) is 2. The highest BCUT2D eigenvalue weighted by Gasteiger charge is 2.33. The van der Waals surface area contributed by atoms with Gasteiger partial charge in [0.1, 0.15) is 17.2 Å². The molecule has 2 amide bonds. The largest absolute Gasteiger partial charge is 0.417 e. The third kappa shape index (κ3) is 5.09. The summed E-state index contributed by atoms with van der Waals surface area (Å²) in [4.78, 5) is 32.6. The average Bonchev–Trinajstić information content (AvgIpc) is 2.72. The lowest BCUT2D eigenvalue weighted by atomic mass is 10.1. The number of aromatic nitrogens is 2. The van der Waals surface area contributed by atoms with Gasteiger partial charge in [0.2, 0.25) is 0 Å². The van der Waals surface area contributed by atoms with E-state index in [1.807, 2.05) is 0 Å². The summed E-state index contributed by atoms with van der Waals surface area (Å²) in [5.41, 5.74) is 5.21. The molecule has 0 atom stereocenters. The van der Waals surface area contributed by atoms with Crippen LogP contribution in [0.25, 0.3) is 0 Å². The number of amides is 2. The number of halogens is 5. The summed E-state index contributed by atoms with van der Waals surface area (Å²) < 4.78 is 39.1. The van der Waals surface area contributed by atoms with Crippen molar-refractivity contribution in [1.82, 2.24) is 9.97 Å². The van der Waals surface area contributed by atoms with Crippen molar-refractivity contribution in [3.63, 3.8) is 0 Å². The third-order valence-corrected chi connectivity index (χ3v) is 5.01. The zero-order valence-electron chi connectivity index (χ0n) is 16.2. The molecule has 0 aliphatic carbocycles. The van der Waals surface area contributed by atoms with Gasteiger partial charge < -0.3 is 16.4 Å². The van der Waals surface area contributed by atoms with E-state index in [2.05, 4.69) is 20.6 Å². The number of aryl methyl sites for hydroxylation is 1. The highest BCUT2D eigenvalue weighted by Crippen LogP contribution is 2.36. The quantitative estimate of drug-likeness (QED) is 0.472. The Morgan fingerprint density at radius 2 is 1.72 bits per heavy atom. The number of rotatable bonds is 4. The number of hydrogen-bond acceptors (Lipinski definition) is 5. The Bertz CT molecular complexity index is 1220. The van der Waals surface area contributed by atoms with Crippen molar-refractivity contribution in [2.24, 2.45) is 0 Å². The van der Waals surface area contributed by atoms with Crippen LogP contribution >= 0.6 is 23.2 Å². The normalized spacial score (nSPS) is 11.2. The SMILES string of the molecule is Cc1ccc(C(=O)Nc2ccc(Cl)c(C(F)(F)F)c2)cc1NC(=O)c1ncnc(N)c1Cl. The molecule has 0 unspecified atom stereocenters. The number of benzene rings is 2. The molecular formula is C20H14Cl2F3N5O2. The average molecular weight is 484 g/mol. The minimum absolute atomic E-state index is 0.0714. The van der Waals surface area contributed by atoms with Gasteiger partial charge in [-0.1, -0.05) is 29.3 Å². The van der Waals surface area contributed by atoms with Crippen LogP contribution in [0.3, 0.4) is 0 Å². The van der Waals surface area contributed by atoms with Crippen molar-refractivity contribution in [2.45, 2.75) is 13.1 Å². The maximum atomic E-state index is 13.0. The van der Waals surface area contributed by atoms with Gasteiger partial charge in [0.05, 0.1) is 10.6 Å². The van der Waals surface area contributed by atoms with E-state index in [0.29, 0.717) is 5.56 Å². The summed E-state index contributed by atoms with van der Waals surface area (Å²) in [6.07, 6.45) is -3.60. The number of anilines is 3. The van der Waals surface area contributed by atoms with Crippen LogP contribution in [0.4, 0.5) is 30.4 Å². The Hall–Kier alpha value is -3.37. The van der Waals surface area contributed by atoms with Crippen molar-refractivity contribution in [3.05, 3.63) is 75.2 Å². The molecule has 2 aromatic carbocycles. The first-order valence-corrected chi connectivity index (χ1v) is 9.59. The fourth-order valence-electron chi connectivity index (χ4n) is 2.64. The lowest BCUT2D eigenvalue weighted by molar-refractivity contribution is -0.137. The van der Waals surface area contributed by atoms with Gasteiger partial charge in [0.25, 0.3) is 11.8 Å². The summed E-state index contributed by atoms with van der Waals surface area (Å²) in [5, 5.41) is 4.34. The molecule has 3 aromatic rings. The van der Waals surface area contributed by atoms with Gasteiger partial charge >= 0.3 is 6.18 Å². The van der Waals surface area contributed by atoms with Crippen LogP contribution in [-0.4, -0.2) is 21.8 Å². The molecule has 0 bridgehead atoms. The minimum atomic E-state index is -4.68. The summed E-state index contributed by atoms with van der Waals surface area (Å²) in [6, 6.07) is 7.39. The summed E-state index contributed by atoms with van der Waals surface area (Å²) in [7, 11) is 0. The fraction of sp³-hybridized carbons (Fsp3) is 0.100. The van der Waals surface area contributed by atoms with E-state index in [0.717, 1.165) is 18.5 Å². The van der Waals surface area contributed by atoms with Crippen molar-refractivity contribution in [3.8, 4) is 0 Å². The molecule has 0 aliphatic heterocycles. The second-order valence-corrected chi connectivity index (χ2v) is 7.34. The molecule has 7 nitrogen and oxygen atoms in total. The first kappa shape index (κ1) is 23.3. The first-order chi connectivity index (χ1) is 15.0. The maximum Gasteiger partial charge on any atom is 0.417 e. The predicted molar refractivity (Wildman–Crippen MR) is 115 cm³/mol. The molecule has 0 saturated heterocycles. The van der Waals surface area contributed by atoms with Crippen LogP contribution in [0.5, 0.6) is 0 Å². The molecule has 0 spiro atoms. The number of nitrogen functional groups attached to an aromatic ring is 1. The number of carbonyl (C=O) groups is 2. The second kappa shape index (κ2) is 9.01. The standard InChI is InChI=1S/C20H14Cl2F3N5O2/c1-9-2-3-10(6-14(9)30-19(32)16-15(22)17(26)28-8-27-16)18(31)29-11-4-5-13(21)12(7-11)20(23,24)25/h2-8H,1H3,(H,29,31)(H,30,32)(H2,26,27,28). The maximum absolute atomic E-state index is 13.0. The van der Waals surface area contributed by atoms with Gasteiger partial charge in [-0.05, 0) is 42.8 Å². The van der Waals surface area contributed by atoms with Crippen LogP contribution in [0.1, 0.15) is 32.0 Å². The highest BCUT2D eigenvalue weighted by atomic mass is 35.5. The van der Waals surface area contributed by atoms with E-state index >= 15 is 0 Å². The number of carbonyl (C=O) groups excluding carboxylic acids is 2. The Morgan fingerprint density at radius 3 is 2.41 bits per heavy atom. The molecule has 4 N–H and O–H groups in total. The number of hydrogen-bond donors (Lipinski definition) is 3. The van der Waals surface area contributed by atoms with E-state index in [1.54, 1.807) is 13.0 Å². The highest BCUT2D eigenvalue weighted by molar-refractivity contribution is 6.36. The van der Waals surface area contributed by atoms with Crippen molar-refractivity contribution < 1.29 is 22.8 Å². The van der Waals surface area contributed by atoms with Gasteiger partial charge in [-0.2, -0.15) is 13.2 Å². The van der Waals surface area contributed by atoms with Crippen molar-refractivity contribution in [2.75, 3.05) is 16.4 Å². The van der Waals surface area contributed by atoms with Crippen LogP contribution in [0.2, 0.25) is 10.0 Å². The van der Waals surface area contributed by atoms with Gasteiger partial charge in [0.15, 0.2) is 5.69 Å². The summed E-state index contributed by atoms with van der Waals surface area (Å²) >= 11 is 11.6. The molecule has 0 saturated carbocycles. The molecule has 12 heteroatoms. The smallest absolute Gasteiger partial charge is 0.382 e. The zero-order valence-corrected chi connectivity index (χ0v) is 17.7. The second-order valence-electron chi connectivity index (χ2n) is 6.55. The van der Waals surface area contributed by atoms with Gasteiger partial charge in [-0.3, -0.25) is 9.59 Å². The summed E-state index contributed by atoms with van der Waals surface area (Å²) in [5.74, 6) is -1.45. The van der Waals surface area contributed by atoms with Gasteiger partial charge in [-0.25, -0.2) is 9.97 Å². The third-order valence-electron chi connectivity index (χ3n) is 4.31. The Kier molecular flexibility index (Phi) is 6.56. The molecule has 1 heterocycles. The van der Waals surface area contributed by atoms with Crippen LogP contribution < -0.4 is 16.4 Å². The van der Waals surface area contributed by atoms with Crippen LogP contribution in [-0.2, 0) is 6.18 Å². The summed E-state index contributed by atoms with van der Waals surface area (Å²) in [6.45, 7) is 1.68. The van der Waals surface area contributed by atoms with Gasteiger partial charge in [-0.15, -0.1) is 0 Å². The lowest BCUT2D eigenvalue weighted by Gasteiger charge is -2.13. The molecule has 0 radical (unpaired) electrons.